The Kier molecular flexibility index (Phi) is 12.7. The van der Waals surface area contributed by atoms with Crippen LogP contribution in [0.2, 0.25) is 0 Å². The van der Waals surface area contributed by atoms with E-state index in [1.165, 1.54) is 32.6 Å². The minimum atomic E-state index is -0.586. The maximum atomic E-state index is 10.1. The van der Waals surface area contributed by atoms with Gasteiger partial charge in [0.05, 0.1) is 66.5 Å². The molecule has 24 aromatic rings. The number of nitrogens with zero attached hydrogens (tertiary/aromatic N) is 5. The third-order valence-electron chi connectivity index (χ3n) is 25.7. The van der Waals surface area contributed by atoms with Gasteiger partial charge in [-0.25, -0.2) is 0 Å². The summed E-state index contributed by atoms with van der Waals surface area (Å²) in [6, 6.07) is 133. The molecular formula is C114H70BN5. The average Bonchev–Trinajstić information content (AvgIpc) is 0.782. The van der Waals surface area contributed by atoms with Gasteiger partial charge in [0.25, 0.3) is 6.71 Å². The van der Waals surface area contributed by atoms with E-state index in [4.69, 9.17) is 0 Å². The molecule has 5 nitrogen and oxygen atoms in total. The highest BCUT2D eigenvalue weighted by Gasteiger charge is 2.46. The van der Waals surface area contributed by atoms with Crippen molar-refractivity contribution in [3.8, 4) is 94.7 Å². The van der Waals surface area contributed by atoms with Gasteiger partial charge in [0.1, 0.15) is 0 Å². The average molecular weight is 1530 g/mol. The van der Waals surface area contributed by atoms with Crippen LogP contribution in [-0.2, 0) is 0 Å². The number of hydrogen-bond acceptors (Lipinski definition) is 2. The molecule has 7 heterocycles. The Hall–Kier alpha value is -15.8. The lowest BCUT2D eigenvalue weighted by Crippen LogP contribution is -2.61. The molecule has 0 bridgehead atoms. The fourth-order valence-corrected chi connectivity index (χ4v) is 20.5. The summed E-state index contributed by atoms with van der Waals surface area (Å²) in [5.74, 6) is 0. The molecule has 26 rings (SSSR count). The molecule has 0 N–H and O–H groups in total. The summed E-state index contributed by atoms with van der Waals surface area (Å²) >= 11 is 0. The van der Waals surface area contributed by atoms with Gasteiger partial charge in [-0.3, -0.25) is 0 Å². The Morgan fingerprint density at radius 2 is 0.542 bits per heavy atom. The van der Waals surface area contributed by atoms with Gasteiger partial charge in [-0.05, 0) is 192 Å². The zero-order valence-corrected chi connectivity index (χ0v) is 64.6. The highest BCUT2D eigenvalue weighted by molar-refractivity contribution is 7.00. The number of rotatable bonds is 11. The summed E-state index contributed by atoms with van der Waals surface area (Å²) < 4.78 is 83.6. The van der Waals surface area contributed by atoms with E-state index < -0.39 is 43.0 Å². The van der Waals surface area contributed by atoms with E-state index in [0.717, 1.165) is 183 Å². The predicted octanol–water partition coefficient (Wildman–Crippen LogP) is 28.5. The van der Waals surface area contributed by atoms with Crippen molar-refractivity contribution in [3.05, 3.63) is 424 Å². The molecule has 0 fully saturated rings. The molecule has 0 radical (unpaired) electrons. The van der Waals surface area contributed by atoms with Crippen molar-refractivity contribution in [2.75, 3.05) is 9.80 Å². The molecule has 0 atom stereocenters. The van der Waals surface area contributed by atoms with E-state index in [9.17, 15) is 11.0 Å². The number of anilines is 6. The van der Waals surface area contributed by atoms with Gasteiger partial charge >= 0.3 is 0 Å². The summed E-state index contributed by atoms with van der Waals surface area (Å²) in [6.45, 7) is -0.586. The lowest BCUT2D eigenvalue weighted by Gasteiger charge is -2.46. The van der Waals surface area contributed by atoms with Crippen LogP contribution >= 0.6 is 0 Å². The number of aromatic nitrogens is 3. The predicted molar refractivity (Wildman–Crippen MR) is 508 cm³/mol. The second kappa shape index (κ2) is 25.9. The molecule has 0 amide bonds. The smallest absolute Gasteiger partial charge is 0.252 e. The van der Waals surface area contributed by atoms with Crippen LogP contribution in [-0.4, -0.2) is 20.1 Å². The lowest BCUT2D eigenvalue weighted by atomic mass is 9.33. The summed E-state index contributed by atoms with van der Waals surface area (Å²) in [5.41, 5.74) is 31.4. The molecule has 2 aliphatic rings. The van der Waals surface area contributed by atoms with Gasteiger partial charge in [-0.15, -0.1) is 0 Å². The first kappa shape index (κ1) is 59.0. The number of benzene rings is 19. The van der Waals surface area contributed by atoms with Crippen LogP contribution in [0.1, 0.15) is 11.0 Å². The van der Waals surface area contributed by atoms with Gasteiger partial charge in [0.2, 0.25) is 0 Å². The third-order valence-corrected chi connectivity index (χ3v) is 25.7. The molecule has 554 valence electrons. The van der Waals surface area contributed by atoms with Crippen molar-refractivity contribution in [2.45, 2.75) is 0 Å². The molecule has 0 spiro atoms. The number of para-hydroxylation sites is 6. The van der Waals surface area contributed by atoms with Crippen molar-refractivity contribution in [2.24, 2.45) is 0 Å². The molecule has 0 saturated carbocycles. The lowest BCUT2D eigenvalue weighted by molar-refractivity contribution is 1.17. The maximum Gasteiger partial charge on any atom is 0.252 e. The van der Waals surface area contributed by atoms with E-state index in [2.05, 4.69) is 389 Å². The fourth-order valence-electron chi connectivity index (χ4n) is 20.5. The Labute approximate surface area is 704 Å². The quantitative estimate of drug-likeness (QED) is 0.120. The van der Waals surface area contributed by atoms with Crippen molar-refractivity contribution < 1.29 is 11.0 Å². The zero-order chi connectivity index (χ0) is 85.3. The standard InChI is InChI=1S/C114H70BN5/c1-7-30-71(31-8-1)79-61-91(73-34-11-3-12-35-73)112(92(62-79)74-36-13-4-14-37-74)119-106-67-78(81-65-96-87-45-22-27-52-103(87)117-104-53-28-23-46-88(104)97(66-81)114(96)117)54-57-98(106)115-99-58-56-83(116-100-49-24-19-42-84(100)85-43-20-25-50-101(85)116)70-107(99)120(113-93(75-38-15-5-16-39-75)63-80(72-32-9-2-10-33-72)64-94(113)76-40-17-6-18-41-76)109-69-82(68-108(119)110(109)115)77-55-59-105-95(60-77)90-48-29-47-89-86-44-21-26-51-102(86)118(105)111(89)90/h1-70H/i19D,20D,24D,25D,42D,43D,49D,50D. The van der Waals surface area contributed by atoms with Crippen LogP contribution < -0.4 is 26.2 Å². The Balaban J connectivity index is 0.861. The Morgan fingerprint density at radius 3 is 1.02 bits per heavy atom. The van der Waals surface area contributed by atoms with Crippen LogP contribution in [0, 0.1) is 0 Å². The molecule has 0 aliphatic carbocycles. The second-order valence-electron chi connectivity index (χ2n) is 31.9. The molecule has 120 heavy (non-hydrogen) atoms. The molecule has 2 aliphatic heterocycles. The highest BCUT2D eigenvalue weighted by atomic mass is 15.2. The van der Waals surface area contributed by atoms with E-state index in [-0.39, 0.29) is 33.9 Å². The molecule has 0 unspecified atom stereocenters. The molecule has 6 heteroatoms. The molecular weight excluding hydrogens is 1450 g/mol. The van der Waals surface area contributed by atoms with Crippen LogP contribution in [0.3, 0.4) is 0 Å². The van der Waals surface area contributed by atoms with Crippen molar-refractivity contribution in [1.29, 1.82) is 0 Å². The normalized spacial score (nSPS) is 13.6. The SMILES string of the molecule is [2H]c1c([2H])c([2H])c2c(c1[2H])c1c([2H])c([2H])c([2H])c([2H])c1n2-c1ccc2c(c1)N(c1c(-c3ccccc3)cc(-c3ccccc3)cc1-c1ccccc1)c1cc(-c3ccc4c(c3)c3cccc5c6ccccc6n4c53)cc3c1B2c1ccc(-c2cc4c5ccccc5n5c6ccccc6c(c2)c45)cc1N3c1c(-c2ccccc2)cc(-c2ccccc2)cc1-c1ccccc1. The van der Waals surface area contributed by atoms with E-state index in [1.807, 2.05) is 6.07 Å². The zero-order valence-electron chi connectivity index (χ0n) is 72.6. The minimum absolute atomic E-state index is 0.00515. The van der Waals surface area contributed by atoms with Crippen molar-refractivity contribution >= 4 is 155 Å². The van der Waals surface area contributed by atoms with Gasteiger partial charge < -0.3 is 23.2 Å². The van der Waals surface area contributed by atoms with Crippen molar-refractivity contribution in [3.63, 3.8) is 0 Å². The Morgan fingerprint density at radius 1 is 0.208 bits per heavy atom. The maximum absolute atomic E-state index is 10.1. The summed E-state index contributed by atoms with van der Waals surface area (Å²) in [4.78, 5) is 5.09. The van der Waals surface area contributed by atoms with E-state index in [1.54, 1.807) is 4.57 Å². The minimum Gasteiger partial charge on any atom is -0.310 e. The Bertz CT molecular complexity index is 8580. The highest BCUT2D eigenvalue weighted by Crippen LogP contribution is 2.57. The first-order valence-corrected chi connectivity index (χ1v) is 41.0. The van der Waals surface area contributed by atoms with Gasteiger partial charge in [0, 0.05) is 105 Å². The first-order chi connectivity index (χ1) is 62.9. The van der Waals surface area contributed by atoms with Gasteiger partial charge in [0.15, 0.2) is 0 Å². The second-order valence-corrected chi connectivity index (χ2v) is 31.9. The third kappa shape index (κ3) is 9.73. The fraction of sp³-hybridized carbons (Fsp3) is 0. The number of fused-ring (bicyclic) bond motifs is 19. The summed E-state index contributed by atoms with van der Waals surface area (Å²) in [6.07, 6.45) is 0. The van der Waals surface area contributed by atoms with E-state index in [0.29, 0.717) is 5.69 Å². The van der Waals surface area contributed by atoms with Crippen LogP contribution in [0.15, 0.2) is 424 Å². The molecule has 5 aromatic heterocycles. The first-order valence-electron chi connectivity index (χ1n) is 45.0. The topological polar surface area (TPSA) is 20.2 Å². The number of hydrogen-bond donors (Lipinski definition) is 0. The summed E-state index contributed by atoms with van der Waals surface area (Å²) in [5, 5.41) is 9.28. The largest absolute Gasteiger partial charge is 0.310 e. The van der Waals surface area contributed by atoms with Gasteiger partial charge in [-0.2, -0.15) is 0 Å². The van der Waals surface area contributed by atoms with Crippen LogP contribution in [0.25, 0.3) is 193 Å². The van der Waals surface area contributed by atoms with Crippen LogP contribution in [0.4, 0.5) is 34.1 Å². The monoisotopic (exact) mass is 1530 g/mol. The van der Waals surface area contributed by atoms with Gasteiger partial charge in [-0.1, -0.05) is 315 Å². The van der Waals surface area contributed by atoms with Crippen molar-refractivity contribution in [1.82, 2.24) is 13.4 Å². The molecule has 0 saturated heterocycles. The van der Waals surface area contributed by atoms with Crippen LogP contribution in [0.5, 0.6) is 0 Å². The van der Waals surface area contributed by atoms with E-state index >= 15 is 0 Å². The summed E-state index contributed by atoms with van der Waals surface area (Å²) in [7, 11) is 0. The molecule has 19 aromatic carbocycles.